The quantitative estimate of drug-likeness (QED) is 0.530. The van der Waals surface area contributed by atoms with E-state index in [-0.39, 0.29) is 17.7 Å². The molecule has 0 aliphatic carbocycles. The lowest BCUT2D eigenvalue weighted by Gasteiger charge is -2.05. The van der Waals surface area contributed by atoms with Gasteiger partial charge >= 0.3 is 0 Å². The van der Waals surface area contributed by atoms with Crippen LogP contribution in [0.2, 0.25) is 0 Å². The second-order valence-corrected chi connectivity index (χ2v) is 2.25. The Balaban J connectivity index is 3.10. The highest BCUT2D eigenvalue weighted by Gasteiger charge is 2.05. The van der Waals surface area contributed by atoms with E-state index in [1.165, 1.54) is 18.2 Å². The second kappa shape index (κ2) is 3.82. The highest BCUT2D eigenvalue weighted by atomic mass is 19.1. The van der Waals surface area contributed by atoms with Crippen LogP contribution in [0.25, 0.3) is 0 Å². The van der Waals surface area contributed by atoms with Gasteiger partial charge < -0.3 is 4.79 Å². The number of nitrogens with one attached hydrogen (secondary N) is 1. The van der Waals surface area contributed by atoms with Gasteiger partial charge in [-0.15, -0.1) is 0 Å². The van der Waals surface area contributed by atoms with Crippen molar-refractivity contribution in [3.05, 3.63) is 29.6 Å². The molecule has 1 aromatic rings. The number of carbonyl (C=O) groups excluding carboxylic acids is 1. The van der Waals surface area contributed by atoms with Crippen LogP contribution in [0.5, 0.6) is 0 Å². The standard InChI is InChI=1S/C8H8FNO2/c9-7-2-1-3-8(10-12)6(7)4-5-11/h1-3,5,10,12H,4H2. The normalized spacial score (nSPS) is 9.50. The highest BCUT2D eigenvalue weighted by Crippen LogP contribution is 2.17. The number of anilines is 1. The Morgan fingerprint density at radius 1 is 1.58 bits per heavy atom. The number of carbonyl (C=O) groups is 1. The van der Waals surface area contributed by atoms with E-state index in [9.17, 15) is 9.18 Å². The summed E-state index contributed by atoms with van der Waals surface area (Å²) in [6.07, 6.45) is 0.537. The summed E-state index contributed by atoms with van der Waals surface area (Å²) in [5, 5.41) is 8.54. The number of benzene rings is 1. The van der Waals surface area contributed by atoms with Gasteiger partial charge in [0, 0.05) is 12.0 Å². The first-order valence-corrected chi connectivity index (χ1v) is 3.40. The summed E-state index contributed by atoms with van der Waals surface area (Å²) in [5.41, 5.74) is 2.22. The van der Waals surface area contributed by atoms with Gasteiger partial charge in [-0.05, 0) is 12.1 Å². The maximum Gasteiger partial charge on any atom is 0.128 e. The van der Waals surface area contributed by atoms with E-state index in [0.29, 0.717) is 6.29 Å². The van der Waals surface area contributed by atoms with Gasteiger partial charge in [-0.2, -0.15) is 0 Å². The molecule has 0 saturated carbocycles. The van der Waals surface area contributed by atoms with Gasteiger partial charge in [-0.3, -0.25) is 10.7 Å². The Morgan fingerprint density at radius 2 is 2.33 bits per heavy atom. The first-order valence-electron chi connectivity index (χ1n) is 3.40. The smallest absolute Gasteiger partial charge is 0.128 e. The van der Waals surface area contributed by atoms with Crippen molar-refractivity contribution < 1.29 is 14.4 Å². The Morgan fingerprint density at radius 3 is 2.92 bits per heavy atom. The van der Waals surface area contributed by atoms with Crippen molar-refractivity contribution in [2.45, 2.75) is 6.42 Å². The van der Waals surface area contributed by atoms with Crippen molar-refractivity contribution in [2.24, 2.45) is 0 Å². The van der Waals surface area contributed by atoms with Gasteiger partial charge in [0.15, 0.2) is 0 Å². The van der Waals surface area contributed by atoms with Gasteiger partial charge in [-0.1, -0.05) is 6.07 Å². The molecular formula is C8H8FNO2. The molecular weight excluding hydrogens is 161 g/mol. The lowest BCUT2D eigenvalue weighted by molar-refractivity contribution is -0.107. The van der Waals surface area contributed by atoms with E-state index in [0.717, 1.165) is 0 Å². The highest BCUT2D eigenvalue weighted by molar-refractivity contribution is 5.62. The van der Waals surface area contributed by atoms with Crippen LogP contribution in [0.15, 0.2) is 18.2 Å². The molecule has 1 aromatic carbocycles. The Bertz CT molecular complexity index is 288. The summed E-state index contributed by atoms with van der Waals surface area (Å²) >= 11 is 0. The fraction of sp³-hybridized carbons (Fsp3) is 0.125. The van der Waals surface area contributed by atoms with Crippen molar-refractivity contribution in [1.29, 1.82) is 0 Å². The Labute approximate surface area is 68.8 Å². The molecule has 2 N–H and O–H groups in total. The zero-order valence-corrected chi connectivity index (χ0v) is 6.25. The molecule has 0 aliphatic rings. The third kappa shape index (κ3) is 1.60. The van der Waals surface area contributed by atoms with E-state index < -0.39 is 5.82 Å². The topological polar surface area (TPSA) is 49.3 Å². The number of hydrogen-bond donors (Lipinski definition) is 2. The maximum absolute atomic E-state index is 12.9. The third-order valence-electron chi connectivity index (χ3n) is 1.53. The summed E-state index contributed by atoms with van der Waals surface area (Å²) in [6.45, 7) is 0. The van der Waals surface area contributed by atoms with Crippen molar-refractivity contribution in [2.75, 3.05) is 5.48 Å². The molecule has 0 bridgehead atoms. The zero-order valence-electron chi connectivity index (χ0n) is 6.25. The number of aldehydes is 1. The minimum atomic E-state index is -0.499. The SMILES string of the molecule is O=CCc1c(F)cccc1NO. The molecule has 0 aliphatic heterocycles. The molecule has 0 amide bonds. The molecule has 0 heterocycles. The van der Waals surface area contributed by atoms with Crippen LogP contribution in [0, 0.1) is 5.82 Å². The van der Waals surface area contributed by atoms with Crippen molar-refractivity contribution in [1.82, 2.24) is 0 Å². The Hall–Kier alpha value is -1.42. The van der Waals surface area contributed by atoms with Gasteiger partial charge in [0.25, 0.3) is 0 Å². The van der Waals surface area contributed by atoms with E-state index in [2.05, 4.69) is 0 Å². The molecule has 0 atom stereocenters. The van der Waals surface area contributed by atoms with Gasteiger partial charge in [-0.25, -0.2) is 4.39 Å². The maximum atomic E-state index is 12.9. The van der Waals surface area contributed by atoms with Crippen LogP contribution in [0.3, 0.4) is 0 Å². The lowest BCUT2D eigenvalue weighted by Crippen LogP contribution is -1.99. The molecule has 0 radical (unpaired) electrons. The molecule has 64 valence electrons. The van der Waals surface area contributed by atoms with Gasteiger partial charge in [0.1, 0.15) is 12.1 Å². The fourth-order valence-corrected chi connectivity index (χ4v) is 0.954. The number of rotatable bonds is 3. The van der Waals surface area contributed by atoms with Crippen LogP contribution in [0.4, 0.5) is 10.1 Å². The van der Waals surface area contributed by atoms with Crippen LogP contribution in [-0.4, -0.2) is 11.5 Å². The predicted molar refractivity (Wildman–Crippen MR) is 41.6 cm³/mol. The molecule has 0 aromatic heterocycles. The van der Waals surface area contributed by atoms with E-state index in [1.54, 1.807) is 0 Å². The second-order valence-electron chi connectivity index (χ2n) is 2.25. The van der Waals surface area contributed by atoms with Gasteiger partial charge in [0.2, 0.25) is 0 Å². The van der Waals surface area contributed by atoms with E-state index in [1.807, 2.05) is 5.48 Å². The minimum Gasteiger partial charge on any atom is -0.303 e. The molecule has 1 rings (SSSR count). The van der Waals surface area contributed by atoms with Crippen LogP contribution in [-0.2, 0) is 11.2 Å². The van der Waals surface area contributed by atoms with E-state index in [4.69, 9.17) is 5.21 Å². The van der Waals surface area contributed by atoms with Crippen molar-refractivity contribution >= 4 is 12.0 Å². The average Bonchev–Trinajstić information content (AvgIpc) is 2.09. The number of halogens is 1. The van der Waals surface area contributed by atoms with Gasteiger partial charge in [0.05, 0.1) is 5.69 Å². The minimum absolute atomic E-state index is 0.0461. The molecule has 12 heavy (non-hydrogen) atoms. The van der Waals surface area contributed by atoms with Crippen LogP contribution < -0.4 is 5.48 Å². The molecule has 0 fully saturated rings. The average molecular weight is 169 g/mol. The van der Waals surface area contributed by atoms with E-state index >= 15 is 0 Å². The first kappa shape index (κ1) is 8.67. The molecule has 0 spiro atoms. The van der Waals surface area contributed by atoms with Crippen molar-refractivity contribution in [3.8, 4) is 0 Å². The summed E-state index contributed by atoms with van der Waals surface area (Å²) < 4.78 is 12.9. The monoisotopic (exact) mass is 169 g/mol. The largest absolute Gasteiger partial charge is 0.303 e. The number of hydrogen-bond acceptors (Lipinski definition) is 3. The van der Waals surface area contributed by atoms with Crippen LogP contribution >= 0.6 is 0 Å². The predicted octanol–water partition coefficient (Wildman–Crippen LogP) is 1.37. The third-order valence-corrected chi connectivity index (χ3v) is 1.53. The van der Waals surface area contributed by atoms with Crippen LogP contribution in [0.1, 0.15) is 5.56 Å². The Kier molecular flexibility index (Phi) is 2.76. The summed E-state index contributed by atoms with van der Waals surface area (Å²) in [7, 11) is 0. The summed E-state index contributed by atoms with van der Waals surface area (Å²) in [6, 6.07) is 4.17. The summed E-state index contributed by atoms with van der Waals surface area (Å²) in [5.74, 6) is -0.499. The lowest BCUT2D eigenvalue weighted by atomic mass is 10.1. The molecule has 3 nitrogen and oxygen atoms in total. The summed E-state index contributed by atoms with van der Waals surface area (Å²) in [4.78, 5) is 10.1. The zero-order chi connectivity index (χ0) is 8.97. The molecule has 0 saturated heterocycles. The fourth-order valence-electron chi connectivity index (χ4n) is 0.954. The molecule has 0 unspecified atom stereocenters. The molecule has 4 heteroatoms. The van der Waals surface area contributed by atoms with Crippen molar-refractivity contribution in [3.63, 3.8) is 0 Å². The first-order chi connectivity index (χ1) is 5.79.